The van der Waals surface area contributed by atoms with Gasteiger partial charge in [0, 0.05) is 44.7 Å². The van der Waals surface area contributed by atoms with Gasteiger partial charge in [-0.3, -0.25) is 19.2 Å². The molecule has 0 aliphatic carbocycles. The first-order valence-corrected chi connectivity index (χ1v) is 15.0. The van der Waals surface area contributed by atoms with E-state index in [1.165, 1.54) is 12.3 Å². The molecule has 1 aromatic carbocycles. The Kier molecular flexibility index (Phi) is 10.1. The summed E-state index contributed by atoms with van der Waals surface area (Å²) in [4.78, 5) is 59.4. The number of aromatic nitrogens is 2. The molecule has 0 unspecified atom stereocenters. The number of nitrogens with zero attached hydrogens (tertiary/aromatic N) is 3. The molecular formula is C31H38N6O7. The Hall–Kier alpha value is -4.52. The lowest BCUT2D eigenvalue weighted by molar-refractivity contribution is -0.139. The summed E-state index contributed by atoms with van der Waals surface area (Å²) in [7, 11) is 0. The molecule has 3 N–H and O–H groups in total. The Bertz CT molecular complexity index is 1450. The van der Waals surface area contributed by atoms with E-state index in [4.69, 9.17) is 13.7 Å². The van der Waals surface area contributed by atoms with Crippen LogP contribution in [0.3, 0.4) is 0 Å². The highest BCUT2D eigenvalue weighted by atomic mass is 16.5. The van der Waals surface area contributed by atoms with Gasteiger partial charge < -0.3 is 34.5 Å². The largest absolute Gasteiger partial charge is 0.446 e. The third kappa shape index (κ3) is 7.90. The van der Waals surface area contributed by atoms with Crippen molar-refractivity contribution < 1.29 is 32.9 Å². The van der Waals surface area contributed by atoms with Gasteiger partial charge in [0.1, 0.15) is 18.3 Å². The summed E-state index contributed by atoms with van der Waals surface area (Å²) >= 11 is 0. The minimum Gasteiger partial charge on any atom is -0.446 e. The number of hydrogen-bond acceptors (Lipinski definition) is 9. The zero-order chi connectivity index (χ0) is 31.1. The highest BCUT2D eigenvalue weighted by molar-refractivity contribution is 5.96. The van der Waals surface area contributed by atoms with E-state index in [1.807, 2.05) is 44.2 Å². The van der Waals surface area contributed by atoms with Gasteiger partial charge in [0.2, 0.25) is 17.7 Å². The van der Waals surface area contributed by atoms with Gasteiger partial charge in [0.15, 0.2) is 17.1 Å². The number of ether oxygens (including phenoxy) is 1. The summed E-state index contributed by atoms with van der Waals surface area (Å²) in [5.41, 5.74) is 0.870. The van der Waals surface area contributed by atoms with Crippen LogP contribution in [0.1, 0.15) is 77.3 Å². The normalized spacial score (nSPS) is 20.8. The summed E-state index contributed by atoms with van der Waals surface area (Å²) in [6, 6.07) is 9.26. The molecule has 0 saturated carbocycles. The number of benzene rings is 1. The number of fused-ring (bicyclic) bond motifs is 4. The predicted molar refractivity (Wildman–Crippen MR) is 156 cm³/mol. The van der Waals surface area contributed by atoms with Crippen LogP contribution in [0.15, 0.2) is 51.6 Å². The summed E-state index contributed by atoms with van der Waals surface area (Å²) in [6.45, 7) is 5.34. The van der Waals surface area contributed by atoms with E-state index in [2.05, 4.69) is 26.1 Å². The van der Waals surface area contributed by atoms with Crippen LogP contribution < -0.4 is 16.0 Å². The molecular weight excluding hydrogens is 568 g/mol. The molecule has 1 fully saturated rings. The second-order valence-electron chi connectivity index (χ2n) is 11.6. The third-order valence-corrected chi connectivity index (χ3v) is 7.67. The standard InChI is InChI=1S/C31H38N6O7/c1-19(2)14-25-30-35-26(18-43-30)29(40)33-23(15-20-6-4-3-5-7-20)27(38)32-10-11-37(31(41)21-8-12-42-13-9-21)17-22-16-24(36-44-22)28(39)34-25/h3-7,16,18-19,21,23,25H,8-15,17H2,1-2H3,(H,32,38)(H,33,40)(H,34,39)/t23-,25+/m0/s1. The summed E-state index contributed by atoms with van der Waals surface area (Å²) in [5, 5.41) is 12.5. The predicted octanol–water partition coefficient (Wildman–Crippen LogP) is 2.41. The number of amides is 4. The molecule has 4 amide bonds. The molecule has 4 heterocycles. The topological polar surface area (TPSA) is 169 Å². The van der Waals surface area contributed by atoms with Crippen LogP contribution in [-0.4, -0.2) is 71.0 Å². The number of rotatable bonds is 5. The van der Waals surface area contributed by atoms with E-state index in [9.17, 15) is 19.2 Å². The van der Waals surface area contributed by atoms with E-state index in [0.29, 0.717) is 38.2 Å². The van der Waals surface area contributed by atoms with Crippen molar-refractivity contribution in [2.75, 3.05) is 26.3 Å². The zero-order valence-electron chi connectivity index (χ0n) is 24.9. The van der Waals surface area contributed by atoms with E-state index in [1.54, 1.807) is 4.90 Å². The van der Waals surface area contributed by atoms with Crippen molar-refractivity contribution >= 4 is 23.6 Å². The van der Waals surface area contributed by atoms with Gasteiger partial charge in [-0.25, -0.2) is 4.98 Å². The van der Waals surface area contributed by atoms with Crippen LogP contribution in [0.5, 0.6) is 0 Å². The first-order chi connectivity index (χ1) is 21.3. The molecule has 2 aliphatic heterocycles. The van der Waals surface area contributed by atoms with Crippen LogP contribution in [0.2, 0.25) is 0 Å². The van der Waals surface area contributed by atoms with Crippen LogP contribution in [0, 0.1) is 11.8 Å². The highest BCUT2D eigenvalue weighted by Crippen LogP contribution is 2.23. The summed E-state index contributed by atoms with van der Waals surface area (Å²) in [6.07, 6.45) is 3.11. The van der Waals surface area contributed by atoms with E-state index in [-0.39, 0.29) is 61.1 Å². The summed E-state index contributed by atoms with van der Waals surface area (Å²) < 4.78 is 16.5. The van der Waals surface area contributed by atoms with Crippen LogP contribution >= 0.6 is 0 Å². The molecule has 2 aliphatic rings. The molecule has 5 rings (SSSR count). The zero-order valence-corrected chi connectivity index (χ0v) is 24.9. The SMILES string of the molecule is CC(C)C[C@H]1NC(=O)c2cc(on2)CN(C(=O)C2CCOCC2)CCNC(=O)[C@H](Cc2ccccc2)NC(=O)c2coc1n2. The first kappa shape index (κ1) is 30.9. The second-order valence-corrected chi connectivity index (χ2v) is 11.6. The first-order valence-electron chi connectivity index (χ1n) is 15.0. The van der Waals surface area contributed by atoms with Gasteiger partial charge in [0.25, 0.3) is 11.8 Å². The van der Waals surface area contributed by atoms with Gasteiger partial charge in [-0.15, -0.1) is 0 Å². The fourth-order valence-electron chi connectivity index (χ4n) is 5.36. The maximum atomic E-state index is 13.5. The molecule has 234 valence electrons. The van der Waals surface area contributed by atoms with Crippen molar-refractivity contribution in [3.63, 3.8) is 0 Å². The van der Waals surface area contributed by atoms with Gasteiger partial charge >= 0.3 is 0 Å². The average Bonchev–Trinajstić information content (AvgIpc) is 3.71. The fourth-order valence-corrected chi connectivity index (χ4v) is 5.36. The number of oxazole rings is 1. The van der Waals surface area contributed by atoms with E-state index >= 15 is 0 Å². The summed E-state index contributed by atoms with van der Waals surface area (Å²) in [5.74, 6) is -1.19. The molecule has 13 nitrogen and oxygen atoms in total. The Morgan fingerprint density at radius 3 is 2.50 bits per heavy atom. The number of nitrogens with one attached hydrogen (secondary N) is 3. The number of carbonyl (C=O) groups excluding carboxylic acids is 4. The van der Waals surface area contributed by atoms with Crippen molar-refractivity contribution in [1.29, 1.82) is 0 Å². The molecule has 2 aromatic heterocycles. The van der Waals surface area contributed by atoms with Crippen LogP contribution in [0.4, 0.5) is 0 Å². The van der Waals surface area contributed by atoms with Crippen molar-refractivity contribution in [3.05, 3.63) is 71.3 Å². The van der Waals surface area contributed by atoms with Crippen LogP contribution in [0.25, 0.3) is 0 Å². The van der Waals surface area contributed by atoms with Gasteiger partial charge in [-0.2, -0.15) is 0 Å². The second kappa shape index (κ2) is 14.3. The maximum Gasteiger partial charge on any atom is 0.274 e. The number of carbonyl (C=O) groups is 4. The molecule has 4 bridgehead atoms. The maximum absolute atomic E-state index is 13.5. The quantitative estimate of drug-likeness (QED) is 0.395. The third-order valence-electron chi connectivity index (χ3n) is 7.67. The Balaban J connectivity index is 1.44. The van der Waals surface area contributed by atoms with Crippen molar-refractivity contribution in [3.8, 4) is 0 Å². The number of hydrogen-bond donors (Lipinski definition) is 3. The molecule has 0 spiro atoms. The highest BCUT2D eigenvalue weighted by Gasteiger charge is 2.30. The van der Waals surface area contributed by atoms with Gasteiger partial charge in [-0.1, -0.05) is 49.3 Å². The fraction of sp³-hybridized carbons (Fsp3) is 0.484. The average molecular weight is 607 g/mol. The monoisotopic (exact) mass is 606 g/mol. The lowest BCUT2D eigenvalue weighted by Crippen LogP contribution is -2.50. The molecule has 3 aromatic rings. The molecule has 44 heavy (non-hydrogen) atoms. The minimum absolute atomic E-state index is 0.0214. The van der Waals surface area contributed by atoms with Crippen molar-refractivity contribution in [2.45, 2.75) is 58.2 Å². The molecule has 2 atom stereocenters. The lowest BCUT2D eigenvalue weighted by Gasteiger charge is -2.29. The van der Waals surface area contributed by atoms with Crippen LogP contribution in [-0.2, 0) is 27.3 Å². The van der Waals surface area contributed by atoms with Crippen molar-refractivity contribution in [1.82, 2.24) is 31.0 Å². The Morgan fingerprint density at radius 2 is 1.75 bits per heavy atom. The van der Waals surface area contributed by atoms with Gasteiger partial charge in [-0.05, 0) is 30.7 Å². The lowest BCUT2D eigenvalue weighted by atomic mass is 9.98. The minimum atomic E-state index is -0.924. The van der Waals surface area contributed by atoms with Gasteiger partial charge in [0.05, 0.1) is 6.54 Å². The Labute approximate surface area is 255 Å². The molecule has 13 heteroatoms. The molecule has 1 saturated heterocycles. The smallest absolute Gasteiger partial charge is 0.274 e. The Morgan fingerprint density at radius 1 is 1.02 bits per heavy atom. The van der Waals surface area contributed by atoms with E-state index < -0.39 is 29.8 Å². The van der Waals surface area contributed by atoms with Crippen molar-refractivity contribution in [2.24, 2.45) is 11.8 Å². The molecule has 0 radical (unpaired) electrons. The van der Waals surface area contributed by atoms with E-state index in [0.717, 1.165) is 5.56 Å².